The van der Waals surface area contributed by atoms with Crippen LogP contribution < -0.4 is 4.74 Å². The van der Waals surface area contributed by atoms with E-state index in [-0.39, 0.29) is 0 Å². The van der Waals surface area contributed by atoms with E-state index in [1.54, 1.807) is 0 Å². The Hall–Kier alpha value is -0.630. The first kappa shape index (κ1) is 12.4. The molecular weight excluding hydrogens is 204 g/mol. The van der Waals surface area contributed by atoms with Crippen LogP contribution in [0.3, 0.4) is 0 Å². The largest absolute Gasteiger partial charge is 0.494 e. The molecule has 0 aliphatic carbocycles. The molecule has 15 heavy (non-hydrogen) atoms. The van der Waals surface area contributed by atoms with Gasteiger partial charge in [-0.2, -0.15) is 12.6 Å². The van der Waals surface area contributed by atoms with Gasteiger partial charge < -0.3 is 4.74 Å². The van der Waals surface area contributed by atoms with Crippen molar-refractivity contribution < 1.29 is 4.74 Å². The lowest BCUT2D eigenvalue weighted by Gasteiger charge is -2.11. The highest BCUT2D eigenvalue weighted by Gasteiger charge is 2.04. The fourth-order valence-corrected chi connectivity index (χ4v) is 1.86. The van der Waals surface area contributed by atoms with Crippen LogP contribution in [0, 0.1) is 0 Å². The maximum absolute atomic E-state index is 5.53. The molecule has 0 radical (unpaired) electrons. The van der Waals surface area contributed by atoms with Crippen molar-refractivity contribution >= 4 is 12.6 Å². The highest BCUT2D eigenvalue weighted by molar-refractivity contribution is 7.80. The molecule has 1 nitrogen and oxygen atoms in total. The Kier molecular flexibility index (Phi) is 5.62. The first-order chi connectivity index (χ1) is 7.27. The number of thiol groups is 1. The molecule has 1 rings (SSSR count). The lowest BCUT2D eigenvalue weighted by molar-refractivity contribution is 0.317. The second kappa shape index (κ2) is 6.78. The van der Waals surface area contributed by atoms with Crippen molar-refractivity contribution in [1.82, 2.24) is 0 Å². The van der Waals surface area contributed by atoms with Crippen LogP contribution in [0.25, 0.3) is 0 Å². The zero-order valence-electron chi connectivity index (χ0n) is 9.57. The van der Waals surface area contributed by atoms with Crippen LogP contribution in [0.5, 0.6) is 5.75 Å². The molecule has 1 atom stereocenters. The first-order valence-corrected chi connectivity index (χ1v) is 6.24. The van der Waals surface area contributed by atoms with Gasteiger partial charge in [-0.15, -0.1) is 0 Å². The minimum atomic E-state index is 0.586. The van der Waals surface area contributed by atoms with E-state index in [2.05, 4.69) is 50.7 Å². The standard InChI is InChI=1S/C13H20OS/c1-3-9-14-13-6-4-12(5-7-13)11(2)8-10-15/h4-7,11,15H,3,8-10H2,1-2H3. The minimum Gasteiger partial charge on any atom is -0.494 e. The Morgan fingerprint density at radius 3 is 2.47 bits per heavy atom. The predicted molar refractivity (Wildman–Crippen MR) is 69.1 cm³/mol. The smallest absolute Gasteiger partial charge is 0.119 e. The quantitative estimate of drug-likeness (QED) is 0.721. The summed E-state index contributed by atoms with van der Waals surface area (Å²) in [6.45, 7) is 5.15. The van der Waals surface area contributed by atoms with E-state index in [4.69, 9.17) is 4.74 Å². The predicted octanol–water partition coefficient (Wildman–Crippen LogP) is 3.90. The van der Waals surface area contributed by atoms with Crippen LogP contribution in [0.15, 0.2) is 24.3 Å². The van der Waals surface area contributed by atoms with Gasteiger partial charge in [-0.25, -0.2) is 0 Å². The molecule has 2 heteroatoms. The van der Waals surface area contributed by atoms with E-state index in [0.717, 1.165) is 31.0 Å². The Morgan fingerprint density at radius 2 is 1.93 bits per heavy atom. The molecule has 0 amide bonds. The van der Waals surface area contributed by atoms with Gasteiger partial charge in [0.25, 0.3) is 0 Å². The molecule has 0 fully saturated rings. The summed E-state index contributed by atoms with van der Waals surface area (Å²) < 4.78 is 5.53. The molecule has 0 aromatic heterocycles. The van der Waals surface area contributed by atoms with Crippen LogP contribution in [0.2, 0.25) is 0 Å². The van der Waals surface area contributed by atoms with Crippen LogP contribution in [0.1, 0.15) is 38.2 Å². The zero-order valence-corrected chi connectivity index (χ0v) is 10.5. The summed E-state index contributed by atoms with van der Waals surface area (Å²) in [4.78, 5) is 0. The second-order valence-electron chi connectivity index (χ2n) is 3.83. The summed E-state index contributed by atoms with van der Waals surface area (Å²) >= 11 is 4.25. The van der Waals surface area contributed by atoms with Gasteiger partial charge in [-0.3, -0.25) is 0 Å². The Balaban J connectivity index is 2.55. The third-order valence-electron chi connectivity index (χ3n) is 2.48. The molecular formula is C13H20OS. The van der Waals surface area contributed by atoms with Crippen LogP contribution in [-0.4, -0.2) is 12.4 Å². The SMILES string of the molecule is CCCOc1ccc(C(C)CCS)cc1. The summed E-state index contributed by atoms with van der Waals surface area (Å²) in [6, 6.07) is 8.41. The van der Waals surface area contributed by atoms with Gasteiger partial charge in [0.1, 0.15) is 5.75 Å². The average Bonchev–Trinajstić information content (AvgIpc) is 2.27. The Labute approximate surface area is 98.3 Å². The summed E-state index contributed by atoms with van der Waals surface area (Å²) in [5, 5.41) is 0. The van der Waals surface area contributed by atoms with Crippen molar-refractivity contribution in [1.29, 1.82) is 0 Å². The Morgan fingerprint density at radius 1 is 1.27 bits per heavy atom. The summed E-state index contributed by atoms with van der Waals surface area (Å²) in [5.74, 6) is 2.50. The lowest BCUT2D eigenvalue weighted by Crippen LogP contribution is -1.97. The van der Waals surface area contributed by atoms with E-state index in [1.807, 2.05) is 0 Å². The summed E-state index contributed by atoms with van der Waals surface area (Å²) in [6.07, 6.45) is 2.18. The molecule has 1 aromatic carbocycles. The number of ether oxygens (including phenoxy) is 1. The average molecular weight is 224 g/mol. The van der Waals surface area contributed by atoms with Crippen molar-refractivity contribution in [2.45, 2.75) is 32.6 Å². The van der Waals surface area contributed by atoms with Crippen LogP contribution in [-0.2, 0) is 0 Å². The van der Waals surface area contributed by atoms with Crippen molar-refractivity contribution in [2.75, 3.05) is 12.4 Å². The molecule has 0 spiro atoms. The topological polar surface area (TPSA) is 9.23 Å². The lowest BCUT2D eigenvalue weighted by atomic mass is 9.99. The van der Waals surface area contributed by atoms with Crippen molar-refractivity contribution in [2.24, 2.45) is 0 Å². The summed E-state index contributed by atoms with van der Waals surface area (Å²) in [7, 11) is 0. The summed E-state index contributed by atoms with van der Waals surface area (Å²) in [5.41, 5.74) is 1.37. The molecule has 0 heterocycles. The van der Waals surface area contributed by atoms with Gasteiger partial charge in [0, 0.05) is 0 Å². The molecule has 0 saturated heterocycles. The monoisotopic (exact) mass is 224 g/mol. The van der Waals surface area contributed by atoms with Gasteiger partial charge >= 0.3 is 0 Å². The molecule has 1 aromatic rings. The van der Waals surface area contributed by atoms with Crippen LogP contribution >= 0.6 is 12.6 Å². The zero-order chi connectivity index (χ0) is 11.1. The van der Waals surface area contributed by atoms with Gasteiger partial charge in [0.2, 0.25) is 0 Å². The van der Waals surface area contributed by atoms with Crippen molar-refractivity contribution in [3.63, 3.8) is 0 Å². The molecule has 0 N–H and O–H groups in total. The molecule has 84 valence electrons. The van der Waals surface area contributed by atoms with Gasteiger partial charge in [-0.05, 0) is 42.2 Å². The molecule has 0 aliphatic heterocycles. The van der Waals surface area contributed by atoms with E-state index in [0.29, 0.717) is 5.92 Å². The fraction of sp³-hybridized carbons (Fsp3) is 0.538. The van der Waals surface area contributed by atoms with Crippen LogP contribution in [0.4, 0.5) is 0 Å². The van der Waals surface area contributed by atoms with E-state index < -0.39 is 0 Å². The molecule has 0 aliphatic rings. The molecule has 0 bridgehead atoms. The highest BCUT2D eigenvalue weighted by Crippen LogP contribution is 2.22. The molecule has 0 saturated carbocycles. The number of benzene rings is 1. The van der Waals surface area contributed by atoms with Gasteiger partial charge in [0.15, 0.2) is 0 Å². The van der Waals surface area contributed by atoms with Crippen molar-refractivity contribution in [3.05, 3.63) is 29.8 Å². The van der Waals surface area contributed by atoms with Gasteiger partial charge in [0.05, 0.1) is 6.61 Å². The number of rotatable bonds is 6. The van der Waals surface area contributed by atoms with Crippen molar-refractivity contribution in [3.8, 4) is 5.75 Å². The number of hydrogen-bond acceptors (Lipinski definition) is 2. The third kappa shape index (κ3) is 4.17. The molecule has 1 unspecified atom stereocenters. The minimum absolute atomic E-state index is 0.586. The fourth-order valence-electron chi connectivity index (χ4n) is 1.47. The first-order valence-electron chi connectivity index (χ1n) is 5.61. The maximum Gasteiger partial charge on any atom is 0.119 e. The maximum atomic E-state index is 5.53. The normalized spacial score (nSPS) is 12.5. The van der Waals surface area contributed by atoms with E-state index in [9.17, 15) is 0 Å². The Bertz CT molecular complexity index is 268. The number of hydrogen-bond donors (Lipinski definition) is 1. The van der Waals surface area contributed by atoms with E-state index >= 15 is 0 Å². The van der Waals surface area contributed by atoms with Gasteiger partial charge in [-0.1, -0.05) is 26.0 Å². The highest BCUT2D eigenvalue weighted by atomic mass is 32.1. The third-order valence-corrected chi connectivity index (χ3v) is 2.74. The second-order valence-corrected chi connectivity index (χ2v) is 4.28. The van der Waals surface area contributed by atoms with E-state index in [1.165, 1.54) is 5.56 Å².